The molecule has 1 aromatic carbocycles. The number of hydrogen-bond donors (Lipinski definition) is 0. The standard InChI is InChI=1S/C16H20BrNO4/c1-16(2,3)22-15(20)18-7-8-21-10-13(18)14(19)11-5-4-6-12(17)9-11/h4-6,9,13H,7-8,10H2,1-3H3. The Hall–Kier alpha value is -1.40. The van der Waals surface area contributed by atoms with E-state index in [1.165, 1.54) is 4.90 Å². The lowest BCUT2D eigenvalue weighted by atomic mass is 10.0. The second kappa shape index (κ2) is 6.79. The van der Waals surface area contributed by atoms with Crippen LogP contribution in [0.15, 0.2) is 28.7 Å². The normalized spacial score (nSPS) is 18.9. The molecule has 1 unspecified atom stereocenters. The maximum Gasteiger partial charge on any atom is 0.411 e. The van der Waals surface area contributed by atoms with Crippen LogP contribution in [0.3, 0.4) is 0 Å². The van der Waals surface area contributed by atoms with Crippen molar-refractivity contribution in [2.24, 2.45) is 0 Å². The van der Waals surface area contributed by atoms with Crippen molar-refractivity contribution in [3.63, 3.8) is 0 Å². The van der Waals surface area contributed by atoms with Gasteiger partial charge in [0.25, 0.3) is 0 Å². The monoisotopic (exact) mass is 369 g/mol. The molecule has 120 valence electrons. The fraction of sp³-hybridized carbons (Fsp3) is 0.500. The molecular formula is C16H20BrNO4. The Morgan fingerprint density at radius 1 is 1.36 bits per heavy atom. The smallest absolute Gasteiger partial charge is 0.411 e. The van der Waals surface area contributed by atoms with Crippen LogP contribution in [0.25, 0.3) is 0 Å². The topological polar surface area (TPSA) is 55.8 Å². The van der Waals surface area contributed by atoms with E-state index in [2.05, 4.69) is 15.9 Å². The second-order valence-corrected chi connectivity index (χ2v) is 7.05. The number of nitrogens with zero attached hydrogens (tertiary/aromatic N) is 1. The largest absolute Gasteiger partial charge is 0.444 e. The molecule has 1 aromatic rings. The Morgan fingerprint density at radius 3 is 2.73 bits per heavy atom. The highest BCUT2D eigenvalue weighted by Gasteiger charge is 2.35. The van der Waals surface area contributed by atoms with Crippen LogP contribution < -0.4 is 0 Å². The van der Waals surface area contributed by atoms with Crippen molar-refractivity contribution >= 4 is 27.8 Å². The molecular weight excluding hydrogens is 350 g/mol. The summed E-state index contributed by atoms with van der Waals surface area (Å²) < 4.78 is 11.6. The van der Waals surface area contributed by atoms with Crippen molar-refractivity contribution < 1.29 is 19.1 Å². The van der Waals surface area contributed by atoms with Gasteiger partial charge in [-0.25, -0.2) is 4.79 Å². The Labute approximate surface area is 138 Å². The van der Waals surface area contributed by atoms with E-state index in [0.717, 1.165) is 4.47 Å². The van der Waals surface area contributed by atoms with Crippen molar-refractivity contribution in [2.45, 2.75) is 32.4 Å². The van der Waals surface area contributed by atoms with E-state index in [1.54, 1.807) is 39.0 Å². The molecule has 1 aliphatic rings. The first-order chi connectivity index (χ1) is 10.3. The van der Waals surface area contributed by atoms with E-state index in [4.69, 9.17) is 9.47 Å². The van der Waals surface area contributed by atoms with Gasteiger partial charge in [0, 0.05) is 16.6 Å². The van der Waals surface area contributed by atoms with E-state index in [-0.39, 0.29) is 12.4 Å². The molecule has 22 heavy (non-hydrogen) atoms. The summed E-state index contributed by atoms with van der Waals surface area (Å²) in [6, 6.07) is 6.45. The number of hydrogen-bond acceptors (Lipinski definition) is 4. The predicted molar refractivity (Wildman–Crippen MR) is 86.0 cm³/mol. The molecule has 0 aromatic heterocycles. The molecule has 1 saturated heterocycles. The van der Waals surface area contributed by atoms with Crippen LogP contribution in [0, 0.1) is 0 Å². The van der Waals surface area contributed by atoms with Crippen molar-refractivity contribution in [3.8, 4) is 0 Å². The third kappa shape index (κ3) is 4.30. The first kappa shape index (κ1) is 17.0. The molecule has 0 N–H and O–H groups in total. The average Bonchev–Trinajstić information content (AvgIpc) is 2.44. The molecule has 0 bridgehead atoms. The number of morpholine rings is 1. The summed E-state index contributed by atoms with van der Waals surface area (Å²) >= 11 is 3.35. The maximum absolute atomic E-state index is 12.7. The Morgan fingerprint density at radius 2 is 2.09 bits per heavy atom. The summed E-state index contributed by atoms with van der Waals surface area (Å²) in [6.07, 6.45) is -0.482. The lowest BCUT2D eigenvalue weighted by Gasteiger charge is -2.35. The molecule has 2 rings (SSSR count). The van der Waals surface area contributed by atoms with Crippen LogP contribution in [-0.2, 0) is 9.47 Å². The van der Waals surface area contributed by atoms with Gasteiger partial charge in [-0.15, -0.1) is 0 Å². The quantitative estimate of drug-likeness (QED) is 0.750. The van der Waals surface area contributed by atoms with Crippen LogP contribution in [0.4, 0.5) is 4.79 Å². The highest BCUT2D eigenvalue weighted by atomic mass is 79.9. The van der Waals surface area contributed by atoms with Gasteiger partial charge in [-0.1, -0.05) is 28.1 Å². The number of ether oxygens (including phenoxy) is 2. The summed E-state index contributed by atoms with van der Waals surface area (Å²) in [5.41, 5.74) is -0.0582. The van der Waals surface area contributed by atoms with Crippen molar-refractivity contribution in [1.82, 2.24) is 4.90 Å². The number of carbonyl (C=O) groups excluding carboxylic acids is 2. The van der Waals surface area contributed by atoms with Gasteiger partial charge < -0.3 is 9.47 Å². The third-order valence-corrected chi connectivity index (χ3v) is 3.66. The van der Waals surface area contributed by atoms with Crippen LogP contribution in [0.1, 0.15) is 31.1 Å². The van der Waals surface area contributed by atoms with E-state index in [1.807, 2.05) is 6.07 Å². The zero-order valence-corrected chi connectivity index (χ0v) is 14.6. The highest BCUT2D eigenvalue weighted by Crippen LogP contribution is 2.19. The summed E-state index contributed by atoms with van der Waals surface area (Å²) in [7, 11) is 0. The molecule has 0 spiro atoms. The number of Topliss-reactive ketones (excluding diaryl/α,β-unsaturated/α-hetero) is 1. The predicted octanol–water partition coefficient (Wildman–Crippen LogP) is 3.27. The summed E-state index contributed by atoms with van der Waals surface area (Å²) in [4.78, 5) is 26.5. The number of rotatable bonds is 2. The van der Waals surface area contributed by atoms with Gasteiger partial charge in [-0.2, -0.15) is 0 Å². The summed E-state index contributed by atoms with van der Waals surface area (Å²) in [5.74, 6) is -0.146. The second-order valence-electron chi connectivity index (χ2n) is 6.14. The van der Waals surface area contributed by atoms with E-state index >= 15 is 0 Å². The molecule has 1 aliphatic heterocycles. The van der Waals surface area contributed by atoms with E-state index < -0.39 is 17.7 Å². The highest BCUT2D eigenvalue weighted by molar-refractivity contribution is 9.10. The Bertz CT molecular complexity index is 568. The minimum Gasteiger partial charge on any atom is -0.444 e. The number of halogens is 1. The van der Waals surface area contributed by atoms with Crippen LogP contribution in [0.5, 0.6) is 0 Å². The van der Waals surface area contributed by atoms with Gasteiger partial charge in [0.15, 0.2) is 5.78 Å². The zero-order valence-electron chi connectivity index (χ0n) is 13.0. The fourth-order valence-corrected chi connectivity index (χ4v) is 2.59. The van der Waals surface area contributed by atoms with Crippen molar-refractivity contribution in [3.05, 3.63) is 34.3 Å². The molecule has 1 atom stereocenters. The lowest BCUT2D eigenvalue weighted by Crippen LogP contribution is -2.53. The third-order valence-electron chi connectivity index (χ3n) is 3.17. The van der Waals surface area contributed by atoms with Gasteiger partial charge in [-0.3, -0.25) is 9.69 Å². The molecule has 6 heteroatoms. The minimum atomic E-state index is -0.655. The maximum atomic E-state index is 12.7. The molecule has 0 saturated carbocycles. The number of amides is 1. The molecule has 1 heterocycles. The SMILES string of the molecule is CC(C)(C)OC(=O)N1CCOCC1C(=O)c1cccc(Br)c1. The van der Waals surface area contributed by atoms with Crippen molar-refractivity contribution in [2.75, 3.05) is 19.8 Å². The first-order valence-corrected chi connectivity index (χ1v) is 7.94. The number of ketones is 1. The number of benzene rings is 1. The summed E-state index contributed by atoms with van der Waals surface area (Å²) in [5, 5.41) is 0. The zero-order chi connectivity index (χ0) is 16.3. The molecule has 0 aliphatic carbocycles. The van der Waals surface area contributed by atoms with E-state index in [9.17, 15) is 9.59 Å². The Balaban J connectivity index is 2.19. The van der Waals surface area contributed by atoms with Crippen LogP contribution in [0.2, 0.25) is 0 Å². The average molecular weight is 370 g/mol. The molecule has 5 nitrogen and oxygen atoms in total. The lowest BCUT2D eigenvalue weighted by molar-refractivity contribution is -0.0265. The van der Waals surface area contributed by atoms with Gasteiger partial charge in [0.2, 0.25) is 0 Å². The molecule has 1 fully saturated rings. The van der Waals surface area contributed by atoms with Gasteiger partial charge in [0.05, 0.1) is 13.2 Å². The van der Waals surface area contributed by atoms with Crippen LogP contribution in [-0.4, -0.2) is 48.2 Å². The fourth-order valence-electron chi connectivity index (χ4n) is 2.19. The Kier molecular flexibility index (Phi) is 5.24. The van der Waals surface area contributed by atoms with Gasteiger partial charge in [0.1, 0.15) is 11.6 Å². The van der Waals surface area contributed by atoms with E-state index in [0.29, 0.717) is 18.7 Å². The summed E-state index contributed by atoms with van der Waals surface area (Å²) in [6.45, 7) is 6.34. The van der Waals surface area contributed by atoms with Gasteiger partial charge in [-0.05, 0) is 32.9 Å². The minimum absolute atomic E-state index is 0.146. The molecule has 1 amide bonds. The van der Waals surface area contributed by atoms with Gasteiger partial charge >= 0.3 is 6.09 Å². The number of carbonyl (C=O) groups is 2. The first-order valence-electron chi connectivity index (χ1n) is 7.15. The van der Waals surface area contributed by atoms with Crippen molar-refractivity contribution in [1.29, 1.82) is 0 Å². The van der Waals surface area contributed by atoms with Crippen LogP contribution >= 0.6 is 15.9 Å². The molecule has 0 radical (unpaired) electrons.